The van der Waals surface area contributed by atoms with Crippen LogP contribution in [0.1, 0.15) is 51.3 Å². The summed E-state index contributed by atoms with van der Waals surface area (Å²) < 4.78 is 11.2. The fourth-order valence-electron chi connectivity index (χ4n) is 4.28. The smallest absolute Gasteiger partial charge is 0.410 e. The highest BCUT2D eigenvalue weighted by molar-refractivity contribution is 5.88. The van der Waals surface area contributed by atoms with Crippen molar-refractivity contribution in [2.24, 2.45) is 5.92 Å². The lowest BCUT2D eigenvalue weighted by Crippen LogP contribution is -2.41. The van der Waals surface area contributed by atoms with Gasteiger partial charge in [-0.05, 0) is 88.6 Å². The van der Waals surface area contributed by atoms with Gasteiger partial charge in [0.25, 0.3) is 0 Å². The number of aryl methyl sites for hydroxylation is 2. The highest BCUT2D eigenvalue weighted by Gasteiger charge is 2.27. The molecule has 0 radical (unpaired) electrons. The fourth-order valence-corrected chi connectivity index (χ4v) is 4.28. The van der Waals surface area contributed by atoms with Gasteiger partial charge in [-0.15, -0.1) is 0 Å². The van der Waals surface area contributed by atoms with Crippen molar-refractivity contribution in [3.05, 3.63) is 47.9 Å². The molecule has 2 aromatic heterocycles. The maximum absolute atomic E-state index is 12.3. The summed E-state index contributed by atoms with van der Waals surface area (Å²) in [6.45, 7) is 9.31. The molecule has 0 spiro atoms. The zero-order valence-electron chi connectivity index (χ0n) is 18.9. The summed E-state index contributed by atoms with van der Waals surface area (Å²) >= 11 is 0. The van der Waals surface area contributed by atoms with Crippen LogP contribution in [-0.4, -0.2) is 39.8 Å². The van der Waals surface area contributed by atoms with Gasteiger partial charge in [0, 0.05) is 36.4 Å². The molecule has 0 unspecified atom stereocenters. The second-order valence-corrected chi connectivity index (χ2v) is 9.43. The monoisotopic (exact) mass is 421 g/mol. The lowest BCUT2D eigenvalue weighted by molar-refractivity contribution is 0.0181. The van der Waals surface area contributed by atoms with E-state index in [1.165, 1.54) is 0 Å². The Labute approximate surface area is 183 Å². The van der Waals surface area contributed by atoms with E-state index in [1.54, 1.807) is 12.4 Å². The standard InChI is InChI=1S/C25H31N3O3/c1-17-20(19-9-13-26-14-10-19)6-7-21-22(27-31-23(17)21)8-5-18-11-15-28(16-12-18)24(29)30-25(2,3)4/h6-7,9-10,13-14,18H,5,8,11-12,15-16H2,1-4H3. The largest absolute Gasteiger partial charge is 0.444 e. The van der Waals surface area contributed by atoms with Crippen LogP contribution in [0.5, 0.6) is 0 Å². The van der Waals surface area contributed by atoms with Crippen LogP contribution >= 0.6 is 0 Å². The van der Waals surface area contributed by atoms with E-state index in [9.17, 15) is 4.79 Å². The number of pyridine rings is 1. The van der Waals surface area contributed by atoms with Crippen molar-refractivity contribution in [3.63, 3.8) is 0 Å². The van der Waals surface area contributed by atoms with E-state index < -0.39 is 5.60 Å². The molecule has 0 bridgehead atoms. The maximum atomic E-state index is 12.3. The van der Waals surface area contributed by atoms with Crippen molar-refractivity contribution >= 4 is 17.1 Å². The van der Waals surface area contributed by atoms with Crippen LogP contribution in [-0.2, 0) is 11.2 Å². The predicted molar refractivity (Wildman–Crippen MR) is 121 cm³/mol. The van der Waals surface area contributed by atoms with Crippen LogP contribution in [0.25, 0.3) is 22.1 Å². The van der Waals surface area contributed by atoms with E-state index >= 15 is 0 Å². The Morgan fingerprint density at radius 2 is 1.87 bits per heavy atom. The average molecular weight is 422 g/mol. The maximum Gasteiger partial charge on any atom is 0.410 e. The minimum Gasteiger partial charge on any atom is -0.444 e. The Morgan fingerprint density at radius 3 is 2.55 bits per heavy atom. The molecule has 3 aromatic rings. The molecule has 0 aliphatic carbocycles. The van der Waals surface area contributed by atoms with Crippen molar-refractivity contribution in [2.45, 2.75) is 59.0 Å². The number of carbonyl (C=O) groups is 1. The topological polar surface area (TPSA) is 68.5 Å². The first-order chi connectivity index (χ1) is 14.8. The lowest BCUT2D eigenvalue weighted by atomic mass is 9.91. The summed E-state index contributed by atoms with van der Waals surface area (Å²) in [5.41, 5.74) is 4.82. The van der Waals surface area contributed by atoms with Crippen molar-refractivity contribution in [1.29, 1.82) is 0 Å². The fraction of sp³-hybridized carbons (Fsp3) is 0.480. The molecule has 1 aromatic carbocycles. The Kier molecular flexibility index (Phi) is 5.99. The molecule has 6 heteroatoms. The summed E-state index contributed by atoms with van der Waals surface area (Å²) in [6, 6.07) is 8.28. The number of nitrogens with zero attached hydrogens (tertiary/aromatic N) is 3. The van der Waals surface area contributed by atoms with Crippen LogP contribution in [0, 0.1) is 12.8 Å². The minimum absolute atomic E-state index is 0.200. The quantitative estimate of drug-likeness (QED) is 0.534. The van der Waals surface area contributed by atoms with E-state index in [4.69, 9.17) is 9.26 Å². The Hall–Kier alpha value is -2.89. The van der Waals surface area contributed by atoms with Crippen LogP contribution in [0.15, 0.2) is 41.2 Å². The summed E-state index contributed by atoms with van der Waals surface area (Å²) in [6.07, 6.45) is 7.35. The molecule has 1 aliphatic heterocycles. The second-order valence-electron chi connectivity index (χ2n) is 9.43. The van der Waals surface area contributed by atoms with Gasteiger partial charge in [-0.1, -0.05) is 11.2 Å². The zero-order valence-corrected chi connectivity index (χ0v) is 18.9. The number of amides is 1. The zero-order chi connectivity index (χ0) is 22.0. The SMILES string of the molecule is Cc1c(-c2ccncc2)ccc2c(CCC3CCN(C(=O)OC(C)(C)C)CC3)noc12. The number of ether oxygens (including phenoxy) is 1. The Morgan fingerprint density at radius 1 is 1.16 bits per heavy atom. The highest BCUT2D eigenvalue weighted by Crippen LogP contribution is 2.32. The third-order valence-electron chi connectivity index (χ3n) is 6.01. The third-order valence-corrected chi connectivity index (χ3v) is 6.01. The summed E-state index contributed by atoms with van der Waals surface area (Å²) in [7, 11) is 0. The van der Waals surface area contributed by atoms with E-state index in [0.717, 1.165) is 72.1 Å². The second kappa shape index (κ2) is 8.69. The molecular weight excluding hydrogens is 390 g/mol. The van der Waals surface area contributed by atoms with Crippen molar-refractivity contribution in [1.82, 2.24) is 15.0 Å². The number of benzene rings is 1. The number of carbonyl (C=O) groups excluding carboxylic acids is 1. The summed E-state index contributed by atoms with van der Waals surface area (Å²) in [5, 5.41) is 5.49. The first kappa shape index (κ1) is 21.3. The molecule has 1 fully saturated rings. The van der Waals surface area contributed by atoms with Gasteiger partial charge in [0.1, 0.15) is 5.60 Å². The molecule has 6 nitrogen and oxygen atoms in total. The molecule has 164 valence electrons. The minimum atomic E-state index is -0.447. The first-order valence-electron chi connectivity index (χ1n) is 11.1. The van der Waals surface area contributed by atoms with E-state index in [1.807, 2.05) is 37.8 Å². The van der Waals surface area contributed by atoms with Gasteiger partial charge < -0.3 is 14.2 Å². The number of rotatable bonds is 4. The van der Waals surface area contributed by atoms with E-state index in [2.05, 4.69) is 29.2 Å². The number of hydrogen-bond acceptors (Lipinski definition) is 5. The molecule has 0 atom stereocenters. The van der Waals surface area contributed by atoms with Gasteiger partial charge in [-0.25, -0.2) is 4.79 Å². The number of hydrogen-bond donors (Lipinski definition) is 0. The van der Waals surface area contributed by atoms with Gasteiger partial charge in [-0.2, -0.15) is 0 Å². The molecule has 0 N–H and O–H groups in total. The summed E-state index contributed by atoms with van der Waals surface area (Å²) in [4.78, 5) is 18.2. The molecule has 1 aliphatic rings. The predicted octanol–water partition coefficient (Wildman–Crippen LogP) is 5.78. The molecule has 4 rings (SSSR count). The molecule has 1 amide bonds. The normalized spacial score (nSPS) is 15.4. The molecule has 0 saturated carbocycles. The van der Waals surface area contributed by atoms with Gasteiger partial charge >= 0.3 is 6.09 Å². The van der Waals surface area contributed by atoms with Gasteiger partial charge in [0.05, 0.1) is 5.69 Å². The van der Waals surface area contributed by atoms with Crippen molar-refractivity contribution < 1.29 is 14.1 Å². The number of likely N-dealkylation sites (tertiary alicyclic amines) is 1. The van der Waals surface area contributed by atoms with E-state index in [-0.39, 0.29) is 6.09 Å². The van der Waals surface area contributed by atoms with Crippen molar-refractivity contribution in [2.75, 3.05) is 13.1 Å². The molecule has 1 saturated heterocycles. The molecule has 31 heavy (non-hydrogen) atoms. The summed E-state index contributed by atoms with van der Waals surface area (Å²) in [5.74, 6) is 0.586. The van der Waals surface area contributed by atoms with Crippen LogP contribution < -0.4 is 0 Å². The van der Waals surface area contributed by atoms with Gasteiger partial charge in [0.2, 0.25) is 0 Å². The van der Waals surface area contributed by atoms with Crippen LogP contribution in [0.3, 0.4) is 0 Å². The highest BCUT2D eigenvalue weighted by atomic mass is 16.6. The third kappa shape index (κ3) is 4.89. The van der Waals surface area contributed by atoms with Crippen LogP contribution in [0.4, 0.5) is 4.79 Å². The molecule has 3 heterocycles. The lowest BCUT2D eigenvalue weighted by Gasteiger charge is -2.33. The Bertz CT molecular complexity index is 1050. The number of piperidine rings is 1. The van der Waals surface area contributed by atoms with Crippen LogP contribution in [0.2, 0.25) is 0 Å². The van der Waals surface area contributed by atoms with E-state index in [0.29, 0.717) is 5.92 Å². The number of fused-ring (bicyclic) bond motifs is 1. The Balaban J connectivity index is 1.37. The van der Waals surface area contributed by atoms with Gasteiger partial charge in [-0.3, -0.25) is 4.98 Å². The first-order valence-corrected chi connectivity index (χ1v) is 11.1. The average Bonchev–Trinajstić information content (AvgIpc) is 3.16. The van der Waals surface area contributed by atoms with Crippen molar-refractivity contribution in [3.8, 4) is 11.1 Å². The van der Waals surface area contributed by atoms with Gasteiger partial charge in [0.15, 0.2) is 5.58 Å². The molecular formula is C25H31N3O3. The number of aromatic nitrogens is 2.